The van der Waals surface area contributed by atoms with Gasteiger partial charge >= 0.3 is 0 Å². The molecule has 0 spiro atoms. The Balaban J connectivity index is 1.39. The molecule has 1 aromatic rings. The Morgan fingerprint density at radius 2 is 2.35 bits per heavy atom. The molecule has 7 heteroatoms. The molecule has 1 aliphatic carbocycles. The highest BCUT2D eigenvalue weighted by atomic mass is 16.2. The number of rotatable bonds is 6. The largest absolute Gasteiger partial charge is 0.370 e. The maximum Gasteiger partial charge on any atom is 0.237 e. The van der Waals surface area contributed by atoms with Crippen LogP contribution < -0.4 is 10.6 Å². The van der Waals surface area contributed by atoms with Gasteiger partial charge in [-0.1, -0.05) is 18.2 Å². The van der Waals surface area contributed by atoms with E-state index in [0.717, 1.165) is 31.6 Å². The monoisotopic (exact) mass is 350 g/mol. The van der Waals surface area contributed by atoms with E-state index >= 15 is 0 Å². The number of likely N-dealkylation sites (tertiary alicyclic amines) is 1. The average Bonchev–Trinajstić information content (AvgIpc) is 3.34. The highest BCUT2D eigenvalue weighted by molar-refractivity contribution is 5.79. The van der Waals surface area contributed by atoms with Crippen LogP contribution in [0.2, 0.25) is 0 Å². The van der Waals surface area contributed by atoms with E-state index in [1.807, 2.05) is 6.07 Å². The summed E-state index contributed by atoms with van der Waals surface area (Å²) < 4.78 is 0. The lowest BCUT2D eigenvalue weighted by atomic mass is 10.1. The molecule has 2 unspecified atom stereocenters. The fourth-order valence-corrected chi connectivity index (χ4v) is 3.39. The first-order chi connectivity index (χ1) is 12.7. The second kappa shape index (κ2) is 8.46. The summed E-state index contributed by atoms with van der Waals surface area (Å²) in [7, 11) is 0. The Kier molecular flexibility index (Phi) is 5.83. The second-order valence-electron chi connectivity index (χ2n) is 6.64. The molecule has 1 saturated heterocycles. The number of pyridine rings is 1. The maximum atomic E-state index is 12.3. The average molecular weight is 350 g/mol. The van der Waals surface area contributed by atoms with Crippen LogP contribution >= 0.6 is 0 Å². The molecule has 1 fully saturated rings. The minimum absolute atomic E-state index is 0.00752. The van der Waals surface area contributed by atoms with Crippen LogP contribution in [0.1, 0.15) is 19.3 Å². The predicted molar refractivity (Wildman–Crippen MR) is 98.4 cm³/mol. The number of amides is 1. The molecule has 2 heterocycles. The fraction of sp³-hybridized carbons (Fsp3) is 0.474. The molecule has 3 rings (SSSR count). The molecule has 0 radical (unpaired) electrons. The number of hydrogen-bond acceptors (Lipinski definition) is 5. The number of hydrogen-bond donors (Lipinski definition) is 2. The van der Waals surface area contributed by atoms with Crippen LogP contribution in [0.5, 0.6) is 0 Å². The van der Waals surface area contributed by atoms with Gasteiger partial charge in [0.2, 0.25) is 11.6 Å². The Labute approximate surface area is 153 Å². The zero-order chi connectivity index (χ0) is 18.4. The zero-order valence-corrected chi connectivity index (χ0v) is 14.6. The van der Waals surface area contributed by atoms with E-state index in [4.69, 9.17) is 11.8 Å². The van der Waals surface area contributed by atoms with Crippen molar-refractivity contribution in [1.29, 1.82) is 5.26 Å². The molecule has 0 bridgehead atoms. The van der Waals surface area contributed by atoms with Gasteiger partial charge in [0.05, 0.1) is 19.2 Å². The number of nitrogens with zero attached hydrogens (tertiary/aromatic N) is 4. The van der Waals surface area contributed by atoms with Crippen LogP contribution in [-0.4, -0.2) is 47.5 Å². The first-order valence-corrected chi connectivity index (χ1v) is 8.88. The van der Waals surface area contributed by atoms with Crippen LogP contribution in [0, 0.1) is 23.8 Å². The molecule has 1 amide bonds. The predicted octanol–water partition coefficient (Wildman–Crippen LogP) is 2.09. The van der Waals surface area contributed by atoms with E-state index in [1.54, 1.807) is 17.2 Å². The molecular formula is C19H22N6O. The summed E-state index contributed by atoms with van der Waals surface area (Å²) in [5.74, 6) is 1.13. The van der Waals surface area contributed by atoms with Gasteiger partial charge in [-0.25, -0.2) is 4.85 Å². The lowest BCUT2D eigenvalue weighted by Crippen LogP contribution is -2.42. The Morgan fingerprint density at radius 1 is 1.46 bits per heavy atom. The molecular weight excluding hydrogens is 328 g/mol. The molecule has 2 aliphatic rings. The maximum absolute atomic E-state index is 12.3. The molecule has 0 saturated carbocycles. The van der Waals surface area contributed by atoms with Crippen LogP contribution in [0.4, 0.5) is 11.5 Å². The molecule has 3 atom stereocenters. The van der Waals surface area contributed by atoms with Gasteiger partial charge in [0.25, 0.3) is 0 Å². The van der Waals surface area contributed by atoms with E-state index in [0.29, 0.717) is 18.2 Å². The quantitative estimate of drug-likeness (QED) is 0.606. The van der Waals surface area contributed by atoms with Crippen molar-refractivity contribution < 1.29 is 4.79 Å². The van der Waals surface area contributed by atoms with Crippen molar-refractivity contribution in [3.63, 3.8) is 0 Å². The standard InChI is InChI=1S/C19H22N6O/c1-21-16-6-7-18(24-12-16)23-11-14-4-5-15(9-14)22-13-19(26)25-8-2-3-17(25)10-20/h4-7,12,14-15,17,22H,2-3,8-9,11,13H2,(H,23,24)/t14?,15?,17-/m0/s1. The van der Waals surface area contributed by atoms with Gasteiger partial charge in [0.15, 0.2) is 0 Å². The van der Waals surface area contributed by atoms with Crippen LogP contribution in [0.25, 0.3) is 4.85 Å². The first-order valence-electron chi connectivity index (χ1n) is 8.88. The summed E-state index contributed by atoms with van der Waals surface area (Å²) in [6.07, 6.45) is 8.42. The number of aromatic nitrogens is 1. The number of nitriles is 1. The summed E-state index contributed by atoms with van der Waals surface area (Å²) in [6, 6.07) is 5.67. The minimum atomic E-state index is -0.262. The van der Waals surface area contributed by atoms with Crippen molar-refractivity contribution in [2.24, 2.45) is 5.92 Å². The second-order valence-corrected chi connectivity index (χ2v) is 6.64. The van der Waals surface area contributed by atoms with Gasteiger partial charge in [0, 0.05) is 25.3 Å². The number of anilines is 1. The first kappa shape index (κ1) is 17.9. The van der Waals surface area contributed by atoms with Gasteiger partial charge in [-0.15, -0.1) is 0 Å². The lowest BCUT2D eigenvalue weighted by molar-refractivity contribution is -0.130. The van der Waals surface area contributed by atoms with Crippen molar-refractivity contribution in [2.75, 3.05) is 25.0 Å². The van der Waals surface area contributed by atoms with Gasteiger partial charge in [-0.05, 0) is 31.2 Å². The molecule has 1 aliphatic heterocycles. The third-order valence-electron chi connectivity index (χ3n) is 4.83. The fourth-order valence-electron chi connectivity index (χ4n) is 3.39. The van der Waals surface area contributed by atoms with E-state index < -0.39 is 0 Å². The van der Waals surface area contributed by atoms with Crippen molar-refractivity contribution in [3.05, 3.63) is 41.9 Å². The topological polar surface area (TPSA) is 85.4 Å². The smallest absolute Gasteiger partial charge is 0.237 e. The molecule has 1 aromatic heterocycles. The van der Waals surface area contributed by atoms with Crippen LogP contribution in [0.15, 0.2) is 30.5 Å². The summed E-state index contributed by atoms with van der Waals surface area (Å²) in [5, 5.41) is 15.6. The third kappa shape index (κ3) is 4.38. The minimum Gasteiger partial charge on any atom is -0.370 e. The van der Waals surface area contributed by atoms with Crippen molar-refractivity contribution in [1.82, 2.24) is 15.2 Å². The molecule has 26 heavy (non-hydrogen) atoms. The summed E-state index contributed by atoms with van der Waals surface area (Å²) in [5.41, 5.74) is 0.530. The Hall–Kier alpha value is -2.90. The van der Waals surface area contributed by atoms with E-state index in [9.17, 15) is 4.79 Å². The van der Waals surface area contributed by atoms with Crippen molar-refractivity contribution in [2.45, 2.75) is 31.3 Å². The highest BCUT2D eigenvalue weighted by Gasteiger charge is 2.28. The summed E-state index contributed by atoms with van der Waals surface area (Å²) >= 11 is 0. The molecule has 0 aromatic carbocycles. The number of carbonyl (C=O) groups excluding carboxylic acids is 1. The van der Waals surface area contributed by atoms with Gasteiger partial charge in [0.1, 0.15) is 11.9 Å². The molecule has 134 valence electrons. The third-order valence-corrected chi connectivity index (χ3v) is 4.83. The zero-order valence-electron chi connectivity index (χ0n) is 14.6. The molecule has 7 nitrogen and oxygen atoms in total. The van der Waals surface area contributed by atoms with Gasteiger partial charge < -0.3 is 15.5 Å². The van der Waals surface area contributed by atoms with E-state index in [2.05, 4.69) is 38.7 Å². The van der Waals surface area contributed by atoms with E-state index in [1.165, 1.54) is 0 Å². The highest BCUT2D eigenvalue weighted by Crippen LogP contribution is 2.20. The SMILES string of the molecule is [C-]#[N+]c1ccc(NCC2C=CC(NCC(=O)N3CCC[C@H]3C#N)C2)nc1. The molecule has 2 N–H and O–H groups in total. The summed E-state index contributed by atoms with van der Waals surface area (Å²) in [6.45, 7) is 8.64. The van der Waals surface area contributed by atoms with Gasteiger partial charge in [-0.2, -0.15) is 5.26 Å². The number of nitrogens with one attached hydrogen (secondary N) is 2. The van der Waals surface area contributed by atoms with Crippen LogP contribution in [0.3, 0.4) is 0 Å². The Morgan fingerprint density at radius 3 is 3.08 bits per heavy atom. The number of carbonyl (C=O) groups is 1. The Bertz CT molecular complexity index is 745. The van der Waals surface area contributed by atoms with E-state index in [-0.39, 0.29) is 24.5 Å². The van der Waals surface area contributed by atoms with Crippen molar-refractivity contribution in [3.8, 4) is 6.07 Å². The van der Waals surface area contributed by atoms with Crippen LogP contribution in [-0.2, 0) is 4.79 Å². The lowest BCUT2D eigenvalue weighted by Gasteiger charge is -2.21. The van der Waals surface area contributed by atoms with Gasteiger partial charge in [-0.3, -0.25) is 9.78 Å². The normalized spacial score (nSPS) is 24.2. The van der Waals surface area contributed by atoms with Crippen molar-refractivity contribution >= 4 is 17.4 Å². The summed E-state index contributed by atoms with van der Waals surface area (Å²) in [4.78, 5) is 21.5.